The van der Waals surface area contributed by atoms with E-state index in [-0.39, 0.29) is 29.9 Å². The Morgan fingerprint density at radius 3 is 2.58 bits per heavy atom. The molecule has 1 aromatic rings. The highest BCUT2D eigenvalue weighted by Gasteiger charge is 2.40. The van der Waals surface area contributed by atoms with E-state index in [4.69, 9.17) is 26.8 Å². The van der Waals surface area contributed by atoms with Crippen molar-refractivity contribution in [2.75, 3.05) is 18.4 Å². The first kappa shape index (κ1) is 18.6. The zero-order valence-corrected chi connectivity index (χ0v) is 14.0. The van der Waals surface area contributed by atoms with Crippen LogP contribution < -0.4 is 16.4 Å². The van der Waals surface area contributed by atoms with Gasteiger partial charge in [0.1, 0.15) is 18.0 Å². The smallest absolute Gasteiger partial charge is 0.313 e. The van der Waals surface area contributed by atoms with Crippen LogP contribution in [-0.4, -0.2) is 42.9 Å². The molecule has 132 valence electrons. The Balaban J connectivity index is 1.87. The highest BCUT2D eigenvalue weighted by molar-refractivity contribution is 6.39. The summed E-state index contributed by atoms with van der Waals surface area (Å²) in [5.41, 5.74) is 5.72. The molecule has 9 heteroatoms. The molecule has 2 rings (SSSR count). The zero-order valence-electron chi connectivity index (χ0n) is 13.3. The third-order valence-corrected chi connectivity index (χ3v) is 3.67. The molecule has 2 atom stereocenters. The van der Waals surface area contributed by atoms with Gasteiger partial charge < -0.3 is 25.8 Å². The summed E-state index contributed by atoms with van der Waals surface area (Å²) in [4.78, 5) is 23.7. The number of benzene rings is 1. The third kappa shape index (κ3) is 4.64. The summed E-state index contributed by atoms with van der Waals surface area (Å²) in [6, 6.07) is 3.69. The van der Waals surface area contributed by atoms with Crippen molar-refractivity contribution in [1.82, 2.24) is 5.32 Å². The van der Waals surface area contributed by atoms with Gasteiger partial charge in [-0.1, -0.05) is 11.6 Å². The Kier molecular flexibility index (Phi) is 5.76. The zero-order chi connectivity index (χ0) is 17.9. The van der Waals surface area contributed by atoms with Crippen LogP contribution in [0.3, 0.4) is 0 Å². The fourth-order valence-electron chi connectivity index (χ4n) is 2.32. The third-order valence-electron chi connectivity index (χ3n) is 3.36. The molecule has 7 nitrogen and oxygen atoms in total. The number of rotatable bonds is 4. The highest BCUT2D eigenvalue weighted by atomic mass is 35.5. The molecule has 0 aliphatic carbocycles. The molecule has 1 heterocycles. The Morgan fingerprint density at radius 1 is 1.29 bits per heavy atom. The van der Waals surface area contributed by atoms with Gasteiger partial charge in [0, 0.05) is 18.8 Å². The average molecular weight is 360 g/mol. The van der Waals surface area contributed by atoms with Gasteiger partial charge in [0.2, 0.25) is 0 Å². The number of halogens is 2. The van der Waals surface area contributed by atoms with Crippen LogP contribution in [-0.2, 0) is 19.1 Å². The van der Waals surface area contributed by atoms with Crippen LogP contribution >= 0.6 is 11.6 Å². The number of hydrogen-bond acceptors (Lipinski definition) is 5. The molecular weight excluding hydrogens is 341 g/mol. The molecule has 24 heavy (non-hydrogen) atoms. The molecule has 0 saturated carbocycles. The van der Waals surface area contributed by atoms with E-state index in [1.165, 1.54) is 12.1 Å². The van der Waals surface area contributed by atoms with E-state index in [0.717, 1.165) is 6.07 Å². The van der Waals surface area contributed by atoms with Gasteiger partial charge in [-0.15, -0.1) is 0 Å². The maximum absolute atomic E-state index is 13.3. The molecule has 0 radical (unpaired) electrons. The lowest BCUT2D eigenvalue weighted by atomic mass is 10.2. The van der Waals surface area contributed by atoms with E-state index in [9.17, 15) is 14.0 Å². The van der Waals surface area contributed by atoms with Gasteiger partial charge in [0.05, 0.1) is 5.02 Å². The number of ether oxygens (including phenoxy) is 2. The minimum absolute atomic E-state index is 0.0620. The van der Waals surface area contributed by atoms with Gasteiger partial charge in [-0.05, 0) is 32.0 Å². The number of anilines is 1. The minimum atomic E-state index is -0.931. The SMILES string of the molecule is CC1(C)OC(CNC(=O)C(=O)Nc2ccc(Cl)c(F)c2)[C@H](CN)O1. The van der Waals surface area contributed by atoms with Gasteiger partial charge in [0.25, 0.3) is 0 Å². The quantitative estimate of drug-likeness (QED) is 0.696. The normalized spacial score (nSPS) is 22.2. The molecule has 4 N–H and O–H groups in total. The van der Waals surface area contributed by atoms with Crippen molar-refractivity contribution in [1.29, 1.82) is 0 Å². The van der Waals surface area contributed by atoms with Crippen LogP contribution in [0.5, 0.6) is 0 Å². The maximum atomic E-state index is 13.3. The summed E-state index contributed by atoms with van der Waals surface area (Å²) in [5.74, 6) is -3.31. The van der Waals surface area contributed by atoms with Crippen LogP contribution in [0.2, 0.25) is 5.02 Å². The molecule has 1 aromatic carbocycles. The minimum Gasteiger partial charge on any atom is -0.345 e. The lowest BCUT2D eigenvalue weighted by Gasteiger charge is -2.17. The predicted octanol–water partition coefficient (Wildman–Crippen LogP) is 1.01. The molecule has 1 aliphatic rings. The van der Waals surface area contributed by atoms with E-state index >= 15 is 0 Å². The van der Waals surface area contributed by atoms with Crippen molar-refractivity contribution in [3.8, 4) is 0 Å². The Bertz CT molecular complexity index is 641. The number of nitrogens with one attached hydrogen (secondary N) is 2. The summed E-state index contributed by atoms with van der Waals surface area (Å²) in [6.45, 7) is 3.76. The molecule has 0 aromatic heterocycles. The molecule has 2 amide bonds. The highest BCUT2D eigenvalue weighted by Crippen LogP contribution is 2.27. The van der Waals surface area contributed by atoms with Crippen molar-refractivity contribution in [3.63, 3.8) is 0 Å². The van der Waals surface area contributed by atoms with Crippen LogP contribution in [0.15, 0.2) is 18.2 Å². The van der Waals surface area contributed by atoms with Gasteiger partial charge in [-0.3, -0.25) is 9.59 Å². The summed E-state index contributed by atoms with van der Waals surface area (Å²) < 4.78 is 24.5. The van der Waals surface area contributed by atoms with Crippen LogP contribution in [0.1, 0.15) is 13.8 Å². The van der Waals surface area contributed by atoms with Crippen molar-refractivity contribution in [2.24, 2.45) is 5.73 Å². The monoisotopic (exact) mass is 359 g/mol. The van der Waals surface area contributed by atoms with E-state index in [1.54, 1.807) is 13.8 Å². The van der Waals surface area contributed by atoms with Crippen molar-refractivity contribution in [2.45, 2.75) is 31.8 Å². The number of amides is 2. The van der Waals surface area contributed by atoms with Gasteiger partial charge in [0.15, 0.2) is 5.79 Å². The molecule has 1 saturated heterocycles. The first-order chi connectivity index (χ1) is 11.2. The van der Waals surface area contributed by atoms with Gasteiger partial charge in [-0.2, -0.15) is 0 Å². The summed E-state index contributed by atoms with van der Waals surface area (Å²) in [7, 11) is 0. The number of hydrogen-bond donors (Lipinski definition) is 3. The number of carbonyl (C=O) groups excluding carboxylic acids is 2. The summed E-state index contributed by atoms with van der Waals surface area (Å²) in [5, 5.41) is 4.64. The number of nitrogens with two attached hydrogens (primary N) is 1. The van der Waals surface area contributed by atoms with Crippen LogP contribution in [0.25, 0.3) is 0 Å². The standard InChI is InChI=1S/C15H19ClFN3O4/c1-15(2)23-11(6-18)12(24-15)7-19-13(21)14(22)20-8-3-4-9(16)10(17)5-8/h3-5,11-12H,6-7,18H2,1-2H3,(H,19,21)(H,20,22)/t11-,12?/m0/s1. The Labute approximate surface area is 143 Å². The summed E-state index contributed by atoms with van der Waals surface area (Å²) >= 11 is 5.55. The Morgan fingerprint density at radius 2 is 1.96 bits per heavy atom. The van der Waals surface area contributed by atoms with Crippen LogP contribution in [0.4, 0.5) is 10.1 Å². The van der Waals surface area contributed by atoms with E-state index < -0.39 is 29.5 Å². The summed E-state index contributed by atoms with van der Waals surface area (Å²) in [6.07, 6.45) is -0.844. The maximum Gasteiger partial charge on any atom is 0.313 e. The molecule has 1 fully saturated rings. The first-order valence-electron chi connectivity index (χ1n) is 7.32. The predicted molar refractivity (Wildman–Crippen MR) is 85.9 cm³/mol. The number of carbonyl (C=O) groups is 2. The van der Waals surface area contributed by atoms with E-state index in [0.29, 0.717) is 0 Å². The molecule has 1 unspecified atom stereocenters. The first-order valence-corrected chi connectivity index (χ1v) is 7.69. The second kappa shape index (κ2) is 7.43. The largest absolute Gasteiger partial charge is 0.345 e. The average Bonchev–Trinajstić information content (AvgIpc) is 2.82. The molecule has 1 aliphatic heterocycles. The van der Waals surface area contributed by atoms with Crippen molar-refractivity contribution < 1.29 is 23.5 Å². The van der Waals surface area contributed by atoms with E-state index in [2.05, 4.69) is 10.6 Å². The topological polar surface area (TPSA) is 103 Å². The molecule has 0 bridgehead atoms. The van der Waals surface area contributed by atoms with E-state index in [1.807, 2.05) is 0 Å². The Hall–Kier alpha value is -1.74. The van der Waals surface area contributed by atoms with Crippen LogP contribution in [0, 0.1) is 5.82 Å². The van der Waals surface area contributed by atoms with Crippen molar-refractivity contribution in [3.05, 3.63) is 29.0 Å². The molecular formula is C15H19ClFN3O4. The lowest BCUT2D eigenvalue weighted by Crippen LogP contribution is -2.44. The lowest BCUT2D eigenvalue weighted by molar-refractivity contribution is -0.146. The second-order valence-corrected chi connectivity index (χ2v) is 6.15. The fourth-order valence-corrected chi connectivity index (χ4v) is 2.43. The molecule has 0 spiro atoms. The van der Waals surface area contributed by atoms with Crippen molar-refractivity contribution >= 4 is 29.1 Å². The second-order valence-electron chi connectivity index (χ2n) is 5.74. The van der Waals surface area contributed by atoms with Gasteiger partial charge >= 0.3 is 11.8 Å². The van der Waals surface area contributed by atoms with Gasteiger partial charge in [-0.25, -0.2) is 4.39 Å². The fraction of sp³-hybridized carbons (Fsp3) is 0.467.